The Kier molecular flexibility index (Phi) is 2.82. The predicted molar refractivity (Wildman–Crippen MR) is 61.7 cm³/mol. The second-order valence-electron chi connectivity index (χ2n) is 3.54. The molecule has 2 rings (SSSR count). The lowest BCUT2D eigenvalue weighted by Crippen LogP contribution is -2.03. The Balaban J connectivity index is 2.36. The molecular formula is C11H9F3N2S. The molecule has 1 aromatic heterocycles. The van der Waals surface area contributed by atoms with Crippen molar-refractivity contribution in [1.29, 1.82) is 0 Å². The van der Waals surface area contributed by atoms with Crippen molar-refractivity contribution in [3.8, 4) is 10.6 Å². The van der Waals surface area contributed by atoms with E-state index in [1.165, 1.54) is 23.5 Å². The average Bonchev–Trinajstić information content (AvgIpc) is 2.58. The first-order valence-electron chi connectivity index (χ1n) is 4.78. The Morgan fingerprint density at radius 2 is 1.76 bits per heavy atom. The van der Waals surface area contributed by atoms with E-state index < -0.39 is 11.7 Å². The summed E-state index contributed by atoms with van der Waals surface area (Å²) in [6, 6.07) is 4.89. The molecule has 2 N–H and O–H groups in total. The molecule has 0 unspecified atom stereocenters. The second-order valence-corrected chi connectivity index (χ2v) is 4.57. The molecule has 0 aliphatic carbocycles. The molecule has 0 fully saturated rings. The summed E-state index contributed by atoms with van der Waals surface area (Å²) in [5.41, 5.74) is 6.33. The van der Waals surface area contributed by atoms with Gasteiger partial charge in [0.25, 0.3) is 0 Å². The summed E-state index contributed by atoms with van der Waals surface area (Å²) in [4.78, 5) is 4.18. The van der Waals surface area contributed by atoms with E-state index in [-0.39, 0.29) is 0 Å². The SMILES string of the molecule is Cc1nc(-c2ccc(C(F)(F)F)cc2)sc1N. The van der Waals surface area contributed by atoms with E-state index in [1.807, 2.05) is 0 Å². The summed E-state index contributed by atoms with van der Waals surface area (Å²) >= 11 is 1.27. The van der Waals surface area contributed by atoms with Crippen LogP contribution in [0.4, 0.5) is 18.2 Å². The van der Waals surface area contributed by atoms with E-state index in [2.05, 4.69) is 4.98 Å². The molecule has 1 heterocycles. The molecule has 0 saturated heterocycles. The lowest BCUT2D eigenvalue weighted by atomic mass is 10.1. The lowest BCUT2D eigenvalue weighted by molar-refractivity contribution is -0.137. The number of rotatable bonds is 1. The van der Waals surface area contributed by atoms with Gasteiger partial charge in [-0.3, -0.25) is 0 Å². The van der Waals surface area contributed by atoms with Gasteiger partial charge in [0.2, 0.25) is 0 Å². The molecular weight excluding hydrogens is 249 g/mol. The molecule has 17 heavy (non-hydrogen) atoms. The highest BCUT2D eigenvalue weighted by Gasteiger charge is 2.30. The summed E-state index contributed by atoms with van der Waals surface area (Å²) in [5, 5.41) is 1.22. The van der Waals surface area contributed by atoms with Gasteiger partial charge in [0.1, 0.15) is 10.0 Å². The van der Waals surface area contributed by atoms with Gasteiger partial charge < -0.3 is 5.73 Å². The highest BCUT2D eigenvalue weighted by Crippen LogP contribution is 2.33. The van der Waals surface area contributed by atoms with Gasteiger partial charge in [-0.25, -0.2) is 4.98 Å². The molecule has 0 aliphatic heterocycles. The molecule has 0 atom stereocenters. The van der Waals surface area contributed by atoms with Crippen LogP contribution in [0.25, 0.3) is 10.6 Å². The number of aryl methyl sites for hydroxylation is 1. The second kappa shape index (κ2) is 4.03. The monoisotopic (exact) mass is 258 g/mol. The molecule has 0 radical (unpaired) electrons. The smallest absolute Gasteiger partial charge is 0.389 e. The molecule has 1 aromatic carbocycles. The molecule has 2 aromatic rings. The summed E-state index contributed by atoms with van der Waals surface area (Å²) in [6.07, 6.45) is -4.31. The zero-order chi connectivity index (χ0) is 12.6. The summed E-state index contributed by atoms with van der Waals surface area (Å²) in [5.74, 6) is 0. The molecule has 0 aliphatic rings. The van der Waals surface area contributed by atoms with Crippen molar-refractivity contribution < 1.29 is 13.2 Å². The van der Waals surface area contributed by atoms with Gasteiger partial charge >= 0.3 is 6.18 Å². The maximum Gasteiger partial charge on any atom is 0.416 e. The largest absolute Gasteiger partial charge is 0.416 e. The Morgan fingerprint density at radius 3 is 2.18 bits per heavy atom. The molecule has 0 bridgehead atoms. The third-order valence-corrected chi connectivity index (χ3v) is 3.33. The lowest BCUT2D eigenvalue weighted by Gasteiger charge is -2.06. The van der Waals surface area contributed by atoms with E-state index in [1.54, 1.807) is 6.92 Å². The molecule has 0 amide bonds. The number of halogens is 3. The van der Waals surface area contributed by atoms with Crippen molar-refractivity contribution in [3.05, 3.63) is 35.5 Å². The van der Waals surface area contributed by atoms with Crippen molar-refractivity contribution in [2.45, 2.75) is 13.1 Å². The van der Waals surface area contributed by atoms with Gasteiger partial charge in [-0.2, -0.15) is 13.2 Å². The number of anilines is 1. The standard InChI is InChI=1S/C11H9F3N2S/c1-6-9(15)17-10(16-6)7-2-4-8(5-3-7)11(12,13)14/h2-5H,15H2,1H3. The number of benzene rings is 1. The number of thiazole rings is 1. The summed E-state index contributed by atoms with van der Waals surface area (Å²) in [6.45, 7) is 1.76. The van der Waals surface area contributed by atoms with Gasteiger partial charge in [0.15, 0.2) is 0 Å². The van der Waals surface area contributed by atoms with Crippen LogP contribution in [-0.2, 0) is 6.18 Å². The van der Waals surface area contributed by atoms with Crippen LogP contribution < -0.4 is 5.73 Å². The maximum atomic E-state index is 12.4. The van der Waals surface area contributed by atoms with Gasteiger partial charge in [-0.1, -0.05) is 23.5 Å². The minimum atomic E-state index is -4.31. The number of alkyl halides is 3. The highest BCUT2D eigenvalue weighted by atomic mass is 32.1. The van der Waals surface area contributed by atoms with Crippen LogP contribution in [0.2, 0.25) is 0 Å². The first kappa shape index (κ1) is 11.9. The van der Waals surface area contributed by atoms with E-state index >= 15 is 0 Å². The minimum absolute atomic E-state index is 0.583. The topological polar surface area (TPSA) is 38.9 Å². The van der Waals surface area contributed by atoms with Crippen LogP contribution in [0.1, 0.15) is 11.3 Å². The Morgan fingerprint density at radius 1 is 1.18 bits per heavy atom. The fourth-order valence-corrected chi connectivity index (χ4v) is 2.17. The molecule has 0 saturated carbocycles. The molecule has 90 valence electrons. The van der Waals surface area contributed by atoms with Crippen molar-refractivity contribution in [2.24, 2.45) is 0 Å². The number of hydrogen-bond acceptors (Lipinski definition) is 3. The number of aromatic nitrogens is 1. The van der Waals surface area contributed by atoms with Crippen LogP contribution in [0.3, 0.4) is 0 Å². The Labute approximate surface area is 99.9 Å². The fourth-order valence-electron chi connectivity index (χ4n) is 1.33. The quantitative estimate of drug-likeness (QED) is 0.846. The number of nitrogen functional groups attached to an aromatic ring is 1. The molecule has 0 spiro atoms. The first-order chi connectivity index (χ1) is 7.88. The zero-order valence-electron chi connectivity index (χ0n) is 8.88. The number of nitrogens with zero attached hydrogens (tertiary/aromatic N) is 1. The van der Waals surface area contributed by atoms with Crippen LogP contribution >= 0.6 is 11.3 Å². The first-order valence-corrected chi connectivity index (χ1v) is 5.60. The summed E-state index contributed by atoms with van der Waals surface area (Å²) in [7, 11) is 0. The maximum absolute atomic E-state index is 12.4. The Hall–Kier alpha value is -1.56. The van der Waals surface area contributed by atoms with E-state index in [9.17, 15) is 13.2 Å². The van der Waals surface area contributed by atoms with Crippen molar-refractivity contribution in [3.63, 3.8) is 0 Å². The normalized spacial score (nSPS) is 11.8. The molecule has 6 heteroatoms. The number of nitrogens with two attached hydrogens (primary N) is 1. The zero-order valence-corrected chi connectivity index (χ0v) is 9.69. The average molecular weight is 258 g/mol. The predicted octanol–water partition coefficient (Wildman–Crippen LogP) is 3.72. The Bertz CT molecular complexity index is 509. The van der Waals surface area contributed by atoms with E-state index in [0.29, 0.717) is 21.3 Å². The van der Waals surface area contributed by atoms with Gasteiger partial charge in [0, 0.05) is 5.56 Å². The minimum Gasteiger partial charge on any atom is -0.389 e. The highest BCUT2D eigenvalue weighted by molar-refractivity contribution is 7.18. The van der Waals surface area contributed by atoms with Gasteiger partial charge in [-0.05, 0) is 19.1 Å². The van der Waals surface area contributed by atoms with Gasteiger partial charge in [0.05, 0.1) is 11.3 Å². The fraction of sp³-hybridized carbons (Fsp3) is 0.182. The summed E-state index contributed by atoms with van der Waals surface area (Å²) < 4.78 is 37.1. The van der Waals surface area contributed by atoms with Gasteiger partial charge in [-0.15, -0.1) is 0 Å². The van der Waals surface area contributed by atoms with Crippen LogP contribution in [0.15, 0.2) is 24.3 Å². The number of hydrogen-bond donors (Lipinski definition) is 1. The van der Waals surface area contributed by atoms with Crippen molar-refractivity contribution >= 4 is 16.3 Å². The van der Waals surface area contributed by atoms with Crippen LogP contribution in [0, 0.1) is 6.92 Å². The van der Waals surface area contributed by atoms with E-state index in [0.717, 1.165) is 12.1 Å². The molecule has 2 nitrogen and oxygen atoms in total. The van der Waals surface area contributed by atoms with Crippen molar-refractivity contribution in [2.75, 3.05) is 5.73 Å². The van der Waals surface area contributed by atoms with Crippen molar-refractivity contribution in [1.82, 2.24) is 4.98 Å². The van der Waals surface area contributed by atoms with Crippen LogP contribution in [0.5, 0.6) is 0 Å². The van der Waals surface area contributed by atoms with Crippen LogP contribution in [-0.4, -0.2) is 4.98 Å². The third-order valence-electron chi connectivity index (χ3n) is 2.29. The third kappa shape index (κ3) is 2.41. The van der Waals surface area contributed by atoms with E-state index in [4.69, 9.17) is 5.73 Å².